The van der Waals surface area contributed by atoms with Crippen LogP contribution in [0.1, 0.15) is 19.3 Å². The van der Waals surface area contributed by atoms with Crippen LogP contribution in [0.5, 0.6) is 0 Å². The Morgan fingerprint density at radius 1 is 0.750 bits per heavy atom. The third kappa shape index (κ3) is 10.2. The van der Waals surface area contributed by atoms with Gasteiger partial charge in [0.1, 0.15) is 0 Å². The molecule has 0 aromatic rings. The second-order valence-corrected chi connectivity index (χ2v) is 1.51. The second kappa shape index (κ2) is 11.0. The fourth-order valence-corrected chi connectivity index (χ4v) is 0.400. The molecule has 8 heavy (non-hydrogen) atoms. The molecule has 0 spiro atoms. The minimum absolute atomic E-state index is 0. The van der Waals surface area contributed by atoms with E-state index in [-0.39, 0.29) is 51.0 Å². The van der Waals surface area contributed by atoms with Crippen LogP contribution in [0.15, 0.2) is 0 Å². The molecule has 2 N–H and O–H groups in total. The molecule has 0 aromatic heterocycles. The van der Waals surface area contributed by atoms with E-state index in [0.717, 1.165) is 19.3 Å². The minimum Gasteiger partial charge on any atom is -0.396 e. The van der Waals surface area contributed by atoms with Gasteiger partial charge >= 0.3 is 0 Å². The molecule has 0 rings (SSSR count). The van der Waals surface area contributed by atoms with E-state index in [1.807, 2.05) is 0 Å². The van der Waals surface area contributed by atoms with Crippen LogP contribution in [0.4, 0.5) is 0 Å². The maximum atomic E-state index is 8.21. The average Bonchev–Trinajstić information content (AvgIpc) is 1.69. The SMILES string of the molecule is OCCCCCO.[Ca]. The first-order valence-corrected chi connectivity index (χ1v) is 2.63. The molecular weight excluding hydrogens is 132 g/mol. The zero-order valence-corrected chi connectivity index (χ0v) is 7.35. The molecule has 46 valence electrons. The van der Waals surface area contributed by atoms with Crippen molar-refractivity contribution in [2.45, 2.75) is 19.3 Å². The summed E-state index contributed by atoms with van der Waals surface area (Å²) < 4.78 is 0. The van der Waals surface area contributed by atoms with Crippen LogP contribution in [-0.2, 0) is 0 Å². The summed E-state index contributed by atoms with van der Waals surface area (Å²) in [6.45, 7) is 0.500. The predicted octanol–water partition coefficient (Wildman–Crippen LogP) is -0.239. The number of aliphatic hydroxyl groups excluding tert-OH is 2. The van der Waals surface area contributed by atoms with Gasteiger partial charge in [-0.25, -0.2) is 0 Å². The Morgan fingerprint density at radius 2 is 1.12 bits per heavy atom. The molecule has 0 aromatic carbocycles. The van der Waals surface area contributed by atoms with Gasteiger partial charge in [0.25, 0.3) is 0 Å². The molecule has 0 amide bonds. The van der Waals surface area contributed by atoms with Gasteiger partial charge in [-0.05, 0) is 19.3 Å². The van der Waals surface area contributed by atoms with Crippen molar-refractivity contribution in [3.63, 3.8) is 0 Å². The van der Waals surface area contributed by atoms with Gasteiger partial charge in [-0.1, -0.05) is 0 Å². The molecule has 0 atom stereocenters. The molecule has 0 unspecified atom stereocenters. The van der Waals surface area contributed by atoms with Gasteiger partial charge in [0, 0.05) is 51.0 Å². The Kier molecular flexibility index (Phi) is 16.4. The molecule has 2 nitrogen and oxygen atoms in total. The molecule has 3 heteroatoms. The van der Waals surface area contributed by atoms with Gasteiger partial charge in [0.05, 0.1) is 0 Å². The van der Waals surface area contributed by atoms with Crippen molar-refractivity contribution >= 4 is 37.7 Å². The van der Waals surface area contributed by atoms with Crippen molar-refractivity contribution in [3.05, 3.63) is 0 Å². The van der Waals surface area contributed by atoms with Crippen LogP contribution in [0.25, 0.3) is 0 Å². The molecular formula is C5H12CaO2. The maximum absolute atomic E-state index is 8.21. The summed E-state index contributed by atoms with van der Waals surface area (Å²) >= 11 is 0. The van der Waals surface area contributed by atoms with Crippen molar-refractivity contribution in [1.29, 1.82) is 0 Å². The Bertz CT molecular complexity index is 29.6. The van der Waals surface area contributed by atoms with Crippen molar-refractivity contribution in [3.8, 4) is 0 Å². The van der Waals surface area contributed by atoms with E-state index in [1.165, 1.54) is 0 Å². The van der Waals surface area contributed by atoms with Gasteiger partial charge in [-0.2, -0.15) is 0 Å². The number of hydrogen-bond donors (Lipinski definition) is 2. The Hall–Kier alpha value is 1.18. The molecule has 0 aliphatic rings. The Morgan fingerprint density at radius 3 is 1.38 bits per heavy atom. The number of aliphatic hydroxyl groups is 2. The third-order valence-corrected chi connectivity index (χ3v) is 0.816. The van der Waals surface area contributed by atoms with Crippen molar-refractivity contribution in [2.75, 3.05) is 13.2 Å². The van der Waals surface area contributed by atoms with Gasteiger partial charge < -0.3 is 10.2 Å². The molecule has 0 bridgehead atoms. The summed E-state index contributed by atoms with van der Waals surface area (Å²) in [4.78, 5) is 0. The molecule has 0 saturated carbocycles. The summed E-state index contributed by atoms with van der Waals surface area (Å²) in [5, 5.41) is 16.4. The standard InChI is InChI=1S/C5H12O2.Ca/c6-4-2-1-3-5-7;/h6-7H,1-5H2;. The molecule has 0 aliphatic heterocycles. The van der Waals surface area contributed by atoms with Crippen LogP contribution >= 0.6 is 0 Å². The molecule has 0 aliphatic carbocycles. The number of unbranched alkanes of at least 4 members (excludes halogenated alkanes) is 2. The van der Waals surface area contributed by atoms with Gasteiger partial charge in [-0.15, -0.1) is 0 Å². The van der Waals surface area contributed by atoms with Crippen LogP contribution in [0.2, 0.25) is 0 Å². The number of rotatable bonds is 4. The first-order chi connectivity index (χ1) is 3.41. The molecule has 0 saturated heterocycles. The summed E-state index contributed by atoms with van der Waals surface area (Å²) in [5.74, 6) is 0. The predicted molar refractivity (Wildman–Crippen MR) is 33.8 cm³/mol. The summed E-state index contributed by atoms with van der Waals surface area (Å²) in [7, 11) is 0. The third-order valence-electron chi connectivity index (χ3n) is 0.816. The topological polar surface area (TPSA) is 40.5 Å². The van der Waals surface area contributed by atoms with Crippen LogP contribution < -0.4 is 0 Å². The summed E-state index contributed by atoms with van der Waals surface area (Å²) in [6, 6.07) is 0. The van der Waals surface area contributed by atoms with E-state index in [9.17, 15) is 0 Å². The van der Waals surface area contributed by atoms with E-state index < -0.39 is 0 Å². The van der Waals surface area contributed by atoms with Gasteiger partial charge in [0.2, 0.25) is 0 Å². The fourth-order valence-electron chi connectivity index (χ4n) is 0.400. The number of hydrogen-bond acceptors (Lipinski definition) is 2. The van der Waals surface area contributed by atoms with E-state index in [2.05, 4.69) is 0 Å². The monoisotopic (exact) mass is 144 g/mol. The zero-order valence-electron chi connectivity index (χ0n) is 5.14. The maximum Gasteiger partial charge on any atom is 0.0431 e. The smallest absolute Gasteiger partial charge is 0.0431 e. The van der Waals surface area contributed by atoms with Crippen LogP contribution in [-0.4, -0.2) is 61.2 Å². The van der Waals surface area contributed by atoms with Crippen molar-refractivity contribution in [2.24, 2.45) is 0 Å². The van der Waals surface area contributed by atoms with Gasteiger partial charge in [0.15, 0.2) is 0 Å². The van der Waals surface area contributed by atoms with E-state index in [0.29, 0.717) is 0 Å². The second-order valence-electron chi connectivity index (χ2n) is 1.51. The first-order valence-electron chi connectivity index (χ1n) is 2.63. The van der Waals surface area contributed by atoms with Crippen LogP contribution in [0.3, 0.4) is 0 Å². The normalized spacial score (nSPS) is 8.25. The minimum atomic E-state index is 0. The van der Waals surface area contributed by atoms with Gasteiger partial charge in [-0.3, -0.25) is 0 Å². The quantitative estimate of drug-likeness (QED) is 0.422. The first kappa shape index (κ1) is 11.9. The molecule has 0 fully saturated rings. The molecule has 0 heterocycles. The van der Waals surface area contributed by atoms with E-state index >= 15 is 0 Å². The Balaban J connectivity index is 0. The van der Waals surface area contributed by atoms with E-state index in [4.69, 9.17) is 10.2 Å². The van der Waals surface area contributed by atoms with Crippen LogP contribution in [0, 0.1) is 0 Å². The fraction of sp³-hybridized carbons (Fsp3) is 1.00. The zero-order chi connectivity index (χ0) is 5.54. The largest absolute Gasteiger partial charge is 0.396 e. The molecule has 2 radical (unpaired) electrons. The van der Waals surface area contributed by atoms with Crippen molar-refractivity contribution < 1.29 is 10.2 Å². The van der Waals surface area contributed by atoms with Crippen molar-refractivity contribution in [1.82, 2.24) is 0 Å². The summed E-state index contributed by atoms with van der Waals surface area (Å²) in [6.07, 6.45) is 2.58. The average molecular weight is 144 g/mol. The Labute approximate surface area is 79.9 Å². The summed E-state index contributed by atoms with van der Waals surface area (Å²) in [5.41, 5.74) is 0. The van der Waals surface area contributed by atoms with E-state index in [1.54, 1.807) is 0 Å².